The fourth-order valence-corrected chi connectivity index (χ4v) is 3.33. The van der Waals surface area contributed by atoms with Crippen molar-refractivity contribution in [3.05, 3.63) is 22.4 Å². The van der Waals surface area contributed by atoms with Gasteiger partial charge < -0.3 is 15.8 Å². The number of amides is 1. The van der Waals surface area contributed by atoms with Crippen molar-refractivity contribution < 1.29 is 9.53 Å². The van der Waals surface area contributed by atoms with E-state index in [2.05, 4.69) is 41.7 Å². The van der Waals surface area contributed by atoms with Crippen molar-refractivity contribution in [2.75, 3.05) is 13.6 Å². The summed E-state index contributed by atoms with van der Waals surface area (Å²) >= 11 is 1.77. The highest BCUT2D eigenvalue weighted by Crippen LogP contribution is 2.16. The summed E-state index contributed by atoms with van der Waals surface area (Å²) in [4.78, 5) is 15.5. The number of nitrogens with two attached hydrogens (primary N) is 1. The van der Waals surface area contributed by atoms with E-state index >= 15 is 0 Å². The second kappa shape index (κ2) is 8.66. The number of ether oxygens (including phenoxy) is 1. The zero-order valence-corrected chi connectivity index (χ0v) is 15.9. The molecule has 0 saturated heterocycles. The Morgan fingerprint density at radius 1 is 1.43 bits per heavy atom. The molecule has 3 N–H and O–H groups in total. The third kappa shape index (κ3) is 6.89. The van der Waals surface area contributed by atoms with Crippen LogP contribution < -0.4 is 11.1 Å². The molecule has 5 nitrogen and oxygen atoms in total. The lowest BCUT2D eigenvalue weighted by atomic mass is 10.1. The van der Waals surface area contributed by atoms with Crippen LogP contribution in [0, 0.1) is 0 Å². The largest absolute Gasteiger partial charge is 0.444 e. The predicted molar refractivity (Wildman–Crippen MR) is 96.9 cm³/mol. The minimum Gasteiger partial charge on any atom is -0.444 e. The molecular weight excluding hydrogens is 310 g/mol. The lowest BCUT2D eigenvalue weighted by Crippen LogP contribution is -2.55. The molecule has 1 aromatic heterocycles. The number of nitrogens with one attached hydrogen (secondary N) is 1. The summed E-state index contributed by atoms with van der Waals surface area (Å²) in [7, 11) is 2.06. The highest BCUT2D eigenvalue weighted by atomic mass is 32.1. The molecule has 0 bridgehead atoms. The maximum atomic E-state index is 11.9. The zero-order valence-electron chi connectivity index (χ0n) is 15.1. The van der Waals surface area contributed by atoms with Crippen LogP contribution in [0.3, 0.4) is 0 Å². The SMILES string of the molecule is CC(NC(=O)OC(C)(C)C)C(CN)N(C)C(C)Cc1cccs1. The van der Waals surface area contributed by atoms with E-state index in [9.17, 15) is 4.79 Å². The molecule has 0 aliphatic heterocycles. The number of carbonyl (C=O) groups excluding carboxylic acids is 1. The van der Waals surface area contributed by atoms with Crippen molar-refractivity contribution in [3.8, 4) is 0 Å². The molecule has 1 aromatic rings. The van der Waals surface area contributed by atoms with E-state index in [1.165, 1.54) is 4.88 Å². The summed E-state index contributed by atoms with van der Waals surface area (Å²) in [6.45, 7) is 10.2. The highest BCUT2D eigenvalue weighted by Gasteiger charge is 2.27. The molecule has 3 unspecified atom stereocenters. The van der Waals surface area contributed by atoms with Gasteiger partial charge in [-0.2, -0.15) is 0 Å². The van der Waals surface area contributed by atoms with E-state index < -0.39 is 11.7 Å². The third-order valence-electron chi connectivity index (χ3n) is 3.86. The summed E-state index contributed by atoms with van der Waals surface area (Å²) in [5, 5.41) is 4.99. The molecule has 1 amide bonds. The van der Waals surface area contributed by atoms with Gasteiger partial charge in [0.25, 0.3) is 0 Å². The van der Waals surface area contributed by atoms with E-state index in [0.717, 1.165) is 6.42 Å². The van der Waals surface area contributed by atoms with Crippen LogP contribution in [0.25, 0.3) is 0 Å². The number of thiophene rings is 1. The number of carbonyl (C=O) groups is 1. The van der Waals surface area contributed by atoms with Crippen LogP contribution in [-0.4, -0.2) is 48.3 Å². The topological polar surface area (TPSA) is 67.6 Å². The zero-order chi connectivity index (χ0) is 17.6. The van der Waals surface area contributed by atoms with Gasteiger partial charge >= 0.3 is 6.09 Å². The Labute approximate surface area is 144 Å². The Morgan fingerprint density at radius 2 is 2.09 bits per heavy atom. The van der Waals surface area contributed by atoms with Gasteiger partial charge in [-0.05, 0) is 59.5 Å². The molecule has 0 spiro atoms. The summed E-state index contributed by atoms with van der Waals surface area (Å²) < 4.78 is 5.32. The first kappa shape index (κ1) is 19.9. The average Bonchev–Trinajstić information content (AvgIpc) is 2.89. The van der Waals surface area contributed by atoms with E-state index in [1.54, 1.807) is 11.3 Å². The van der Waals surface area contributed by atoms with Crippen LogP contribution in [0.5, 0.6) is 0 Å². The molecular formula is C17H31N3O2S. The van der Waals surface area contributed by atoms with Gasteiger partial charge in [-0.15, -0.1) is 11.3 Å². The molecule has 1 heterocycles. The van der Waals surface area contributed by atoms with Crippen molar-refractivity contribution in [1.29, 1.82) is 0 Å². The fraction of sp³-hybridized carbons (Fsp3) is 0.706. The Morgan fingerprint density at radius 3 is 2.57 bits per heavy atom. The fourth-order valence-electron chi connectivity index (χ4n) is 2.50. The standard InChI is InChI=1S/C17H31N3O2S/c1-12(10-14-8-7-9-23-14)20(6)15(11-18)13(2)19-16(21)22-17(3,4)5/h7-9,12-13,15H,10-11,18H2,1-6H3,(H,19,21). The van der Waals surface area contributed by atoms with E-state index in [1.807, 2.05) is 27.7 Å². The molecule has 0 aliphatic carbocycles. The minimum absolute atomic E-state index is 0.0532. The number of rotatable bonds is 7. The maximum absolute atomic E-state index is 11.9. The molecule has 6 heteroatoms. The van der Waals surface area contributed by atoms with Crippen molar-refractivity contribution in [3.63, 3.8) is 0 Å². The maximum Gasteiger partial charge on any atom is 0.407 e. The Balaban J connectivity index is 2.60. The number of alkyl carbamates (subject to hydrolysis) is 1. The first-order valence-electron chi connectivity index (χ1n) is 8.08. The summed E-state index contributed by atoms with van der Waals surface area (Å²) in [5.41, 5.74) is 5.46. The van der Waals surface area contributed by atoms with Gasteiger partial charge in [-0.1, -0.05) is 6.07 Å². The highest BCUT2D eigenvalue weighted by molar-refractivity contribution is 7.09. The van der Waals surface area contributed by atoms with Gasteiger partial charge in [0, 0.05) is 29.5 Å². The normalized spacial score (nSPS) is 16.0. The average molecular weight is 342 g/mol. The second-order valence-electron chi connectivity index (χ2n) is 7.04. The summed E-state index contributed by atoms with van der Waals surface area (Å²) in [6.07, 6.45) is 0.576. The molecule has 0 fully saturated rings. The van der Waals surface area contributed by atoms with Gasteiger partial charge in [0.1, 0.15) is 5.60 Å². The molecule has 3 atom stereocenters. The first-order chi connectivity index (χ1) is 10.6. The predicted octanol–water partition coefficient (Wildman–Crippen LogP) is 2.85. The Bertz CT molecular complexity index is 471. The first-order valence-corrected chi connectivity index (χ1v) is 8.96. The van der Waals surface area contributed by atoms with Crippen molar-refractivity contribution in [1.82, 2.24) is 10.2 Å². The third-order valence-corrected chi connectivity index (χ3v) is 4.76. The van der Waals surface area contributed by atoms with Gasteiger partial charge in [0.05, 0.1) is 0 Å². The van der Waals surface area contributed by atoms with Gasteiger partial charge in [0.15, 0.2) is 0 Å². The lowest BCUT2D eigenvalue weighted by molar-refractivity contribution is 0.0466. The molecule has 132 valence electrons. The van der Waals surface area contributed by atoms with Crippen LogP contribution in [-0.2, 0) is 11.2 Å². The van der Waals surface area contributed by atoms with E-state index in [4.69, 9.17) is 10.5 Å². The molecule has 0 saturated carbocycles. The van der Waals surface area contributed by atoms with Crippen molar-refractivity contribution in [2.45, 2.75) is 64.8 Å². The molecule has 1 rings (SSSR count). The molecule has 0 aliphatic rings. The van der Waals surface area contributed by atoms with Gasteiger partial charge in [0.2, 0.25) is 0 Å². The molecule has 23 heavy (non-hydrogen) atoms. The Kier molecular flexibility index (Phi) is 7.51. The number of hydrogen-bond acceptors (Lipinski definition) is 5. The quantitative estimate of drug-likeness (QED) is 0.800. The van der Waals surface area contributed by atoms with E-state index in [-0.39, 0.29) is 12.1 Å². The smallest absolute Gasteiger partial charge is 0.407 e. The lowest BCUT2D eigenvalue weighted by Gasteiger charge is -2.36. The van der Waals surface area contributed by atoms with Crippen LogP contribution in [0.4, 0.5) is 4.79 Å². The number of likely N-dealkylation sites (N-methyl/N-ethyl adjacent to an activating group) is 1. The van der Waals surface area contributed by atoms with Gasteiger partial charge in [-0.25, -0.2) is 4.79 Å². The minimum atomic E-state index is -0.500. The monoisotopic (exact) mass is 341 g/mol. The van der Waals surface area contributed by atoms with E-state index in [0.29, 0.717) is 12.6 Å². The molecule has 0 radical (unpaired) electrons. The van der Waals surface area contributed by atoms with Gasteiger partial charge in [-0.3, -0.25) is 4.90 Å². The summed E-state index contributed by atoms with van der Waals surface area (Å²) in [6, 6.07) is 4.52. The number of hydrogen-bond donors (Lipinski definition) is 2. The number of nitrogens with zero attached hydrogens (tertiary/aromatic N) is 1. The van der Waals surface area contributed by atoms with Crippen molar-refractivity contribution >= 4 is 17.4 Å². The summed E-state index contributed by atoms with van der Waals surface area (Å²) in [5.74, 6) is 0. The Hall–Kier alpha value is -1.11. The van der Waals surface area contributed by atoms with Crippen LogP contribution in [0.15, 0.2) is 17.5 Å². The van der Waals surface area contributed by atoms with Crippen LogP contribution in [0.1, 0.15) is 39.5 Å². The second-order valence-corrected chi connectivity index (χ2v) is 8.07. The molecule has 0 aromatic carbocycles. The van der Waals surface area contributed by atoms with Crippen LogP contribution in [0.2, 0.25) is 0 Å². The van der Waals surface area contributed by atoms with Crippen LogP contribution >= 0.6 is 11.3 Å². The van der Waals surface area contributed by atoms with Crippen molar-refractivity contribution in [2.24, 2.45) is 5.73 Å².